The number of nitrogens with zero attached hydrogens (tertiary/aromatic N) is 3. The molecule has 0 bridgehead atoms. The number of ether oxygens (including phenoxy) is 2. The molecule has 1 aliphatic heterocycles. The molecule has 0 spiro atoms. The van der Waals surface area contributed by atoms with Crippen molar-refractivity contribution in [1.82, 2.24) is 9.97 Å². The number of carbonyl (C=O) groups is 1. The number of halogens is 2. The summed E-state index contributed by atoms with van der Waals surface area (Å²) in [5, 5.41) is 1.96. The summed E-state index contributed by atoms with van der Waals surface area (Å²) in [6, 6.07) is 21.2. The Hall–Kier alpha value is -3.49. The van der Waals surface area contributed by atoms with E-state index in [4.69, 9.17) is 14.5 Å². The summed E-state index contributed by atoms with van der Waals surface area (Å²) >= 11 is 7.04. The molecule has 6 nitrogen and oxygen atoms in total. The first-order chi connectivity index (χ1) is 17.5. The molecule has 0 amide bonds. The molecule has 178 valence electrons. The molecule has 0 aliphatic carbocycles. The number of rotatable bonds is 4. The maximum atomic E-state index is 13.0. The summed E-state index contributed by atoms with van der Waals surface area (Å²) in [5.74, 6) is 1.66. The quantitative estimate of drug-likeness (QED) is 0.159. The molecule has 1 aliphatic rings. The van der Waals surface area contributed by atoms with Gasteiger partial charge in [-0.3, -0.25) is 4.98 Å². The van der Waals surface area contributed by atoms with E-state index >= 15 is 0 Å². The van der Waals surface area contributed by atoms with Crippen LogP contribution in [-0.2, 0) is 6.42 Å². The van der Waals surface area contributed by atoms with E-state index in [1.54, 1.807) is 25.4 Å². The fourth-order valence-electron chi connectivity index (χ4n) is 4.49. The maximum absolute atomic E-state index is 13.0. The number of pyridine rings is 2. The Morgan fingerprint density at radius 1 is 1.00 bits per heavy atom. The van der Waals surface area contributed by atoms with Crippen LogP contribution in [0.2, 0.25) is 0 Å². The molecule has 0 saturated heterocycles. The number of carbonyl (C=O) groups excluding carboxylic acids is 1. The molecule has 0 saturated carbocycles. The van der Waals surface area contributed by atoms with Crippen molar-refractivity contribution in [1.29, 1.82) is 0 Å². The minimum absolute atomic E-state index is 0.392. The summed E-state index contributed by atoms with van der Waals surface area (Å²) in [4.78, 5) is 24.5. The van der Waals surface area contributed by atoms with Crippen LogP contribution in [0.1, 0.15) is 15.9 Å². The Labute approximate surface area is 224 Å². The van der Waals surface area contributed by atoms with Gasteiger partial charge in [0.25, 0.3) is 0 Å². The minimum Gasteiger partial charge on any atom is -0.497 e. The highest BCUT2D eigenvalue weighted by Crippen LogP contribution is 2.38. The maximum Gasteiger partial charge on any atom is 0.343 e. The first kappa shape index (κ1) is 22.9. The minimum atomic E-state index is -0.449. The number of benzene rings is 3. The number of fused-ring (bicyclic) bond motifs is 3. The van der Waals surface area contributed by atoms with Crippen molar-refractivity contribution in [2.75, 3.05) is 18.6 Å². The smallest absolute Gasteiger partial charge is 0.343 e. The van der Waals surface area contributed by atoms with Crippen LogP contribution in [0.3, 0.4) is 0 Å². The molecule has 2 aromatic heterocycles. The molecule has 0 atom stereocenters. The van der Waals surface area contributed by atoms with Crippen LogP contribution in [0.15, 0.2) is 81.9 Å². The lowest BCUT2D eigenvalue weighted by Crippen LogP contribution is -2.15. The van der Waals surface area contributed by atoms with E-state index in [-0.39, 0.29) is 0 Å². The Kier molecular flexibility index (Phi) is 5.85. The average molecular weight is 605 g/mol. The van der Waals surface area contributed by atoms with Gasteiger partial charge in [0.05, 0.1) is 22.7 Å². The summed E-state index contributed by atoms with van der Waals surface area (Å²) in [5.41, 5.74) is 4.12. The van der Waals surface area contributed by atoms with Crippen LogP contribution in [0, 0.1) is 0 Å². The van der Waals surface area contributed by atoms with E-state index in [1.165, 1.54) is 5.56 Å². The molecule has 8 heteroatoms. The average Bonchev–Trinajstić information content (AvgIpc) is 3.32. The van der Waals surface area contributed by atoms with Crippen molar-refractivity contribution in [2.45, 2.75) is 6.42 Å². The van der Waals surface area contributed by atoms with Crippen molar-refractivity contribution < 1.29 is 14.3 Å². The zero-order valence-electron chi connectivity index (χ0n) is 19.2. The highest BCUT2D eigenvalue weighted by Gasteiger charge is 2.24. The Balaban J connectivity index is 1.28. The van der Waals surface area contributed by atoms with Crippen LogP contribution >= 0.6 is 31.9 Å². The highest BCUT2D eigenvalue weighted by atomic mass is 79.9. The van der Waals surface area contributed by atoms with Crippen LogP contribution in [0.4, 0.5) is 11.5 Å². The standard InChI is InChI=1S/C28H19Br2N3O3/c1-35-20-9-6-17-13-18-10-12-33(27(18)32-24(17)14-20)19-7-4-16(5-8-19)28(34)36-26-23(30)15-22(29)21-3-2-11-31-25(21)26/h2-9,11,13-15H,10,12H2,1H3. The van der Waals surface area contributed by atoms with Crippen LogP contribution in [-0.4, -0.2) is 29.6 Å². The number of hydrogen-bond acceptors (Lipinski definition) is 6. The van der Waals surface area contributed by atoms with Gasteiger partial charge in [0.1, 0.15) is 17.1 Å². The van der Waals surface area contributed by atoms with Crippen LogP contribution < -0.4 is 14.4 Å². The fraction of sp³-hybridized carbons (Fsp3) is 0.107. The molecule has 3 heterocycles. The molecule has 3 aromatic carbocycles. The van der Waals surface area contributed by atoms with Gasteiger partial charge in [-0.2, -0.15) is 0 Å². The summed E-state index contributed by atoms with van der Waals surface area (Å²) < 4.78 is 12.7. The number of esters is 1. The molecule has 0 N–H and O–H groups in total. The second-order valence-electron chi connectivity index (χ2n) is 8.44. The Morgan fingerprint density at radius 3 is 2.64 bits per heavy atom. The van der Waals surface area contributed by atoms with E-state index < -0.39 is 5.97 Å². The number of anilines is 2. The summed E-state index contributed by atoms with van der Waals surface area (Å²) in [6.45, 7) is 0.823. The summed E-state index contributed by atoms with van der Waals surface area (Å²) in [7, 11) is 1.65. The van der Waals surface area contributed by atoms with Crippen molar-refractivity contribution in [3.05, 3.63) is 93.0 Å². The Bertz CT molecular complexity index is 1650. The first-order valence-electron chi connectivity index (χ1n) is 11.3. The topological polar surface area (TPSA) is 64.5 Å². The zero-order valence-corrected chi connectivity index (χ0v) is 22.3. The van der Waals surface area contributed by atoms with Gasteiger partial charge in [0, 0.05) is 39.7 Å². The normalized spacial score (nSPS) is 12.7. The van der Waals surface area contributed by atoms with Crippen molar-refractivity contribution in [3.8, 4) is 11.5 Å². The van der Waals surface area contributed by atoms with E-state index in [9.17, 15) is 4.79 Å². The third kappa shape index (κ3) is 4.00. The molecule has 0 radical (unpaired) electrons. The molecule has 6 rings (SSSR count). The van der Waals surface area contributed by atoms with Gasteiger partial charge in [-0.15, -0.1) is 0 Å². The first-order valence-corrected chi connectivity index (χ1v) is 12.9. The van der Waals surface area contributed by atoms with Crippen molar-refractivity contribution >= 4 is 71.1 Å². The SMILES string of the molecule is COc1ccc2cc3c(nc2c1)N(c1ccc(C(=O)Oc2c(Br)cc(Br)c4cccnc24)cc1)CC3. The van der Waals surface area contributed by atoms with Gasteiger partial charge in [0.15, 0.2) is 5.75 Å². The second-order valence-corrected chi connectivity index (χ2v) is 10.1. The molecule has 0 fully saturated rings. The monoisotopic (exact) mass is 603 g/mol. The van der Waals surface area contributed by atoms with Crippen molar-refractivity contribution in [3.63, 3.8) is 0 Å². The van der Waals surface area contributed by atoms with E-state index in [2.05, 4.69) is 47.8 Å². The predicted molar refractivity (Wildman–Crippen MR) is 148 cm³/mol. The third-order valence-corrected chi connectivity index (χ3v) is 7.55. The largest absolute Gasteiger partial charge is 0.497 e. The van der Waals surface area contributed by atoms with Gasteiger partial charge >= 0.3 is 5.97 Å². The Morgan fingerprint density at radius 2 is 1.83 bits per heavy atom. The van der Waals surface area contributed by atoms with Crippen LogP contribution in [0.25, 0.3) is 21.8 Å². The lowest BCUT2D eigenvalue weighted by atomic mass is 10.1. The highest BCUT2D eigenvalue weighted by molar-refractivity contribution is 9.11. The number of aromatic nitrogens is 2. The van der Waals surface area contributed by atoms with E-state index in [1.807, 2.05) is 48.5 Å². The van der Waals surface area contributed by atoms with E-state index in [0.29, 0.717) is 21.3 Å². The molecule has 0 unspecified atom stereocenters. The summed E-state index contributed by atoms with van der Waals surface area (Å²) in [6.07, 6.45) is 2.58. The van der Waals surface area contributed by atoms with E-state index in [0.717, 1.165) is 51.0 Å². The number of hydrogen-bond donors (Lipinski definition) is 0. The van der Waals surface area contributed by atoms with Crippen molar-refractivity contribution in [2.24, 2.45) is 0 Å². The predicted octanol–water partition coefficient (Wildman–Crippen LogP) is 7.23. The molecule has 5 aromatic rings. The molecule has 36 heavy (non-hydrogen) atoms. The number of methoxy groups -OCH3 is 1. The second kappa shape index (κ2) is 9.19. The van der Waals surface area contributed by atoms with Gasteiger partial charge in [-0.25, -0.2) is 9.78 Å². The third-order valence-electron chi connectivity index (χ3n) is 6.30. The lowest BCUT2D eigenvalue weighted by molar-refractivity contribution is 0.0735. The molecular weight excluding hydrogens is 586 g/mol. The van der Waals surface area contributed by atoms with Gasteiger partial charge in [0.2, 0.25) is 0 Å². The van der Waals surface area contributed by atoms with Gasteiger partial charge in [-0.1, -0.05) is 22.0 Å². The van der Waals surface area contributed by atoms with Gasteiger partial charge in [-0.05, 0) is 82.5 Å². The zero-order chi connectivity index (χ0) is 24.8. The lowest BCUT2D eigenvalue weighted by Gasteiger charge is -2.19. The fourth-order valence-corrected chi connectivity index (χ4v) is 5.84. The van der Waals surface area contributed by atoms with Crippen LogP contribution in [0.5, 0.6) is 11.5 Å². The van der Waals surface area contributed by atoms with Gasteiger partial charge < -0.3 is 14.4 Å². The molecular formula is C28H19Br2N3O3.